The summed E-state index contributed by atoms with van der Waals surface area (Å²) < 4.78 is 5.09. The molecule has 0 spiro atoms. The van der Waals surface area contributed by atoms with Crippen LogP contribution in [0.2, 0.25) is 0 Å². The number of hydrogen-bond acceptors (Lipinski definition) is 2. The Labute approximate surface area is 112 Å². The van der Waals surface area contributed by atoms with Crippen molar-refractivity contribution in [3.05, 3.63) is 29.8 Å². The molecule has 0 aliphatic heterocycles. The van der Waals surface area contributed by atoms with Crippen LogP contribution >= 0.6 is 11.6 Å². The number of carbonyl (C=O) groups excluding carboxylic acids is 1. The Kier molecular flexibility index (Phi) is 4.12. The number of amides is 1. The van der Waals surface area contributed by atoms with Crippen LogP contribution in [-0.2, 0) is 11.2 Å². The molecule has 98 valence electrons. The average molecular weight is 268 g/mol. The van der Waals surface area contributed by atoms with E-state index in [0.717, 1.165) is 30.6 Å². The van der Waals surface area contributed by atoms with E-state index in [0.29, 0.717) is 12.3 Å². The Morgan fingerprint density at radius 3 is 2.56 bits per heavy atom. The van der Waals surface area contributed by atoms with E-state index in [4.69, 9.17) is 16.3 Å². The molecule has 2 rings (SSSR count). The van der Waals surface area contributed by atoms with E-state index in [-0.39, 0.29) is 11.4 Å². The van der Waals surface area contributed by atoms with E-state index >= 15 is 0 Å². The smallest absolute Gasteiger partial charge is 0.220 e. The van der Waals surface area contributed by atoms with Crippen molar-refractivity contribution >= 4 is 17.5 Å². The van der Waals surface area contributed by atoms with Gasteiger partial charge in [0.25, 0.3) is 0 Å². The molecule has 3 nitrogen and oxygen atoms in total. The molecule has 0 radical (unpaired) electrons. The Morgan fingerprint density at radius 1 is 1.39 bits per heavy atom. The topological polar surface area (TPSA) is 38.3 Å². The molecule has 1 aliphatic rings. The van der Waals surface area contributed by atoms with Gasteiger partial charge in [0.05, 0.1) is 12.6 Å². The van der Waals surface area contributed by atoms with Gasteiger partial charge in [-0.15, -0.1) is 11.6 Å². The zero-order chi connectivity index (χ0) is 13.0. The zero-order valence-corrected chi connectivity index (χ0v) is 11.3. The van der Waals surface area contributed by atoms with Gasteiger partial charge >= 0.3 is 0 Å². The Hall–Kier alpha value is -1.22. The first-order valence-corrected chi connectivity index (χ1v) is 6.71. The number of alkyl halides is 1. The number of aryl methyl sites for hydroxylation is 1. The normalized spacial score (nSPS) is 16.1. The number of ether oxygens (including phenoxy) is 1. The summed E-state index contributed by atoms with van der Waals surface area (Å²) in [6.07, 6.45) is 3.26. The van der Waals surface area contributed by atoms with Crippen LogP contribution in [0.5, 0.6) is 5.75 Å². The van der Waals surface area contributed by atoms with Crippen molar-refractivity contribution in [1.82, 2.24) is 5.32 Å². The SMILES string of the molecule is COc1ccc(CCC(=O)NC2(CCl)CC2)cc1. The maximum Gasteiger partial charge on any atom is 0.220 e. The maximum absolute atomic E-state index is 11.8. The van der Waals surface area contributed by atoms with Gasteiger partial charge in [0, 0.05) is 12.3 Å². The van der Waals surface area contributed by atoms with Gasteiger partial charge in [-0.25, -0.2) is 0 Å². The van der Waals surface area contributed by atoms with Crippen LogP contribution in [-0.4, -0.2) is 24.4 Å². The summed E-state index contributed by atoms with van der Waals surface area (Å²) in [6, 6.07) is 7.80. The Morgan fingerprint density at radius 2 is 2.06 bits per heavy atom. The van der Waals surface area contributed by atoms with E-state index in [2.05, 4.69) is 5.32 Å². The van der Waals surface area contributed by atoms with E-state index in [9.17, 15) is 4.79 Å². The number of halogens is 1. The third kappa shape index (κ3) is 3.39. The van der Waals surface area contributed by atoms with Crippen molar-refractivity contribution in [3.8, 4) is 5.75 Å². The van der Waals surface area contributed by atoms with E-state index in [1.807, 2.05) is 24.3 Å². The number of methoxy groups -OCH3 is 1. The lowest BCUT2D eigenvalue weighted by Crippen LogP contribution is -2.38. The average Bonchev–Trinajstić information content (AvgIpc) is 3.17. The molecule has 1 N–H and O–H groups in total. The lowest BCUT2D eigenvalue weighted by atomic mass is 10.1. The fourth-order valence-electron chi connectivity index (χ4n) is 1.85. The summed E-state index contributed by atoms with van der Waals surface area (Å²) in [5.41, 5.74) is 1.04. The van der Waals surface area contributed by atoms with Crippen LogP contribution in [0.1, 0.15) is 24.8 Å². The Bertz CT molecular complexity index is 412. The first kappa shape index (κ1) is 13.2. The van der Waals surface area contributed by atoms with E-state index in [1.165, 1.54) is 0 Å². The first-order chi connectivity index (χ1) is 8.67. The second kappa shape index (κ2) is 5.61. The highest BCUT2D eigenvalue weighted by atomic mass is 35.5. The Balaban J connectivity index is 1.78. The van der Waals surface area contributed by atoms with Crippen molar-refractivity contribution in [1.29, 1.82) is 0 Å². The van der Waals surface area contributed by atoms with E-state index in [1.54, 1.807) is 7.11 Å². The maximum atomic E-state index is 11.8. The quantitative estimate of drug-likeness (QED) is 0.805. The minimum Gasteiger partial charge on any atom is -0.497 e. The van der Waals surface area contributed by atoms with Crippen LogP contribution in [0.25, 0.3) is 0 Å². The van der Waals surface area contributed by atoms with Crippen LogP contribution < -0.4 is 10.1 Å². The summed E-state index contributed by atoms with van der Waals surface area (Å²) in [5, 5.41) is 3.01. The molecule has 0 aromatic heterocycles. The number of nitrogens with one attached hydrogen (secondary N) is 1. The lowest BCUT2D eigenvalue weighted by molar-refractivity contribution is -0.121. The standard InChI is InChI=1S/C14H18ClNO2/c1-18-12-5-2-11(3-6-12)4-7-13(17)16-14(10-15)8-9-14/h2-3,5-6H,4,7-10H2,1H3,(H,16,17). The third-order valence-corrected chi connectivity index (χ3v) is 3.83. The van der Waals surface area contributed by atoms with Crippen molar-refractivity contribution in [3.63, 3.8) is 0 Å². The largest absolute Gasteiger partial charge is 0.497 e. The van der Waals surface area contributed by atoms with Crippen molar-refractivity contribution in [2.75, 3.05) is 13.0 Å². The minimum atomic E-state index is -0.0987. The van der Waals surface area contributed by atoms with E-state index < -0.39 is 0 Å². The number of hydrogen-bond donors (Lipinski definition) is 1. The van der Waals surface area contributed by atoms with Crippen LogP contribution in [0, 0.1) is 0 Å². The van der Waals surface area contributed by atoms with Crippen LogP contribution in [0.15, 0.2) is 24.3 Å². The number of rotatable bonds is 6. The molecule has 0 atom stereocenters. The predicted molar refractivity (Wildman–Crippen MR) is 72.1 cm³/mol. The highest BCUT2D eigenvalue weighted by molar-refractivity contribution is 6.19. The molecule has 1 saturated carbocycles. The second-order valence-electron chi connectivity index (χ2n) is 4.81. The molecule has 1 amide bonds. The predicted octanol–water partition coefficient (Wildman–Crippen LogP) is 2.52. The fourth-order valence-corrected chi connectivity index (χ4v) is 2.19. The molecular weight excluding hydrogens is 250 g/mol. The van der Waals surface area contributed by atoms with Gasteiger partial charge in [-0.05, 0) is 37.0 Å². The molecule has 0 bridgehead atoms. The fraction of sp³-hybridized carbons (Fsp3) is 0.500. The molecule has 1 aromatic carbocycles. The van der Waals surface area contributed by atoms with Gasteiger partial charge in [-0.3, -0.25) is 4.79 Å². The highest BCUT2D eigenvalue weighted by Gasteiger charge is 2.42. The third-order valence-electron chi connectivity index (χ3n) is 3.31. The highest BCUT2D eigenvalue weighted by Crippen LogP contribution is 2.36. The first-order valence-electron chi connectivity index (χ1n) is 6.17. The molecule has 4 heteroatoms. The molecule has 1 fully saturated rings. The molecular formula is C14H18ClNO2. The second-order valence-corrected chi connectivity index (χ2v) is 5.08. The number of carbonyl (C=O) groups is 1. The monoisotopic (exact) mass is 267 g/mol. The molecule has 1 aliphatic carbocycles. The summed E-state index contributed by atoms with van der Waals surface area (Å²) in [4.78, 5) is 11.8. The molecule has 0 heterocycles. The lowest BCUT2D eigenvalue weighted by Gasteiger charge is -2.13. The van der Waals surface area contributed by atoms with Crippen LogP contribution in [0.4, 0.5) is 0 Å². The molecule has 0 saturated heterocycles. The van der Waals surface area contributed by atoms with Gasteiger partial charge < -0.3 is 10.1 Å². The summed E-state index contributed by atoms with van der Waals surface area (Å²) in [7, 11) is 1.64. The summed E-state index contributed by atoms with van der Waals surface area (Å²) in [5.74, 6) is 1.44. The van der Waals surface area contributed by atoms with Gasteiger partial charge in [0.15, 0.2) is 0 Å². The van der Waals surface area contributed by atoms with Gasteiger partial charge in [-0.2, -0.15) is 0 Å². The summed E-state index contributed by atoms with van der Waals surface area (Å²) >= 11 is 5.82. The number of benzene rings is 1. The molecule has 1 aromatic rings. The van der Waals surface area contributed by atoms with Gasteiger partial charge in [-0.1, -0.05) is 12.1 Å². The van der Waals surface area contributed by atoms with Crippen molar-refractivity contribution < 1.29 is 9.53 Å². The minimum absolute atomic E-state index is 0.0870. The summed E-state index contributed by atoms with van der Waals surface area (Å²) in [6.45, 7) is 0. The van der Waals surface area contributed by atoms with Crippen LogP contribution in [0.3, 0.4) is 0 Å². The van der Waals surface area contributed by atoms with Gasteiger partial charge in [0.1, 0.15) is 5.75 Å². The molecule has 18 heavy (non-hydrogen) atoms. The van der Waals surface area contributed by atoms with Gasteiger partial charge in [0.2, 0.25) is 5.91 Å². The zero-order valence-electron chi connectivity index (χ0n) is 10.5. The van der Waals surface area contributed by atoms with Crippen molar-refractivity contribution in [2.45, 2.75) is 31.2 Å². The molecule has 0 unspecified atom stereocenters. The van der Waals surface area contributed by atoms with Crippen molar-refractivity contribution in [2.24, 2.45) is 0 Å².